The fourth-order valence-electron chi connectivity index (χ4n) is 2.84. The van der Waals surface area contributed by atoms with Gasteiger partial charge in [0.15, 0.2) is 0 Å². The number of nitrogens with one attached hydrogen (secondary N) is 1. The van der Waals surface area contributed by atoms with Crippen molar-refractivity contribution in [2.75, 3.05) is 5.32 Å². The minimum absolute atomic E-state index is 0.0349. The van der Waals surface area contributed by atoms with E-state index in [1.54, 1.807) is 6.07 Å². The van der Waals surface area contributed by atoms with Crippen molar-refractivity contribution in [3.05, 3.63) is 58.9 Å². The van der Waals surface area contributed by atoms with Crippen molar-refractivity contribution in [1.29, 1.82) is 0 Å². The lowest BCUT2D eigenvalue weighted by molar-refractivity contribution is -0.132. The van der Waals surface area contributed by atoms with Crippen molar-refractivity contribution >= 4 is 50.2 Å². The summed E-state index contributed by atoms with van der Waals surface area (Å²) in [6.07, 6.45) is 1.26. The summed E-state index contributed by atoms with van der Waals surface area (Å²) >= 11 is 0. The Balaban J connectivity index is 2.37. The maximum absolute atomic E-state index is 14.4. The molecule has 0 spiro atoms. The lowest BCUT2D eigenvalue weighted by Gasteiger charge is -2.24. The van der Waals surface area contributed by atoms with Gasteiger partial charge in [0.1, 0.15) is 5.82 Å². The average molecular weight is 444 g/mol. The monoisotopic (exact) mass is 443 g/mol. The van der Waals surface area contributed by atoms with Crippen molar-refractivity contribution in [2.45, 2.75) is 46.2 Å². The first-order valence-corrected chi connectivity index (χ1v) is 16.9. The molecule has 0 aliphatic carbocycles. The molecule has 30 heavy (non-hydrogen) atoms. The van der Waals surface area contributed by atoms with Gasteiger partial charge >= 0.3 is 5.97 Å². The Morgan fingerprint density at radius 1 is 0.933 bits per heavy atom. The molecular weight excluding hydrogens is 413 g/mol. The van der Waals surface area contributed by atoms with Crippen LogP contribution in [0.3, 0.4) is 0 Å². The molecule has 0 radical (unpaired) electrons. The molecule has 2 aromatic rings. The standard InChI is InChI=1S/C23H30FNO3Si2/c1-15(23(27)28)10-16-8-9-18(13-21(16)24)25-22(26)17-11-19(29(2,3)4)14-20(12-17)30(5,6)7/h8-14H,1-7H3,(H,25,26)(H,27,28). The molecule has 0 heterocycles. The molecule has 0 unspecified atom stereocenters. The van der Waals surface area contributed by atoms with Crippen LogP contribution in [0.15, 0.2) is 42.0 Å². The van der Waals surface area contributed by atoms with E-state index in [-0.39, 0.29) is 17.0 Å². The first-order valence-electron chi connectivity index (χ1n) is 9.87. The smallest absolute Gasteiger partial charge is 0.331 e. The molecule has 2 N–H and O–H groups in total. The maximum atomic E-state index is 14.4. The number of aliphatic carboxylic acids is 1. The molecule has 0 atom stereocenters. The van der Waals surface area contributed by atoms with E-state index in [4.69, 9.17) is 5.11 Å². The summed E-state index contributed by atoms with van der Waals surface area (Å²) in [5.41, 5.74) is 1.11. The van der Waals surface area contributed by atoms with Crippen molar-refractivity contribution in [3.8, 4) is 0 Å². The molecule has 0 aromatic heterocycles. The van der Waals surface area contributed by atoms with Crippen LogP contribution < -0.4 is 15.7 Å². The average Bonchev–Trinajstić information content (AvgIpc) is 2.61. The quantitative estimate of drug-likeness (QED) is 0.504. The second-order valence-corrected chi connectivity index (χ2v) is 19.8. The molecule has 1 amide bonds. The maximum Gasteiger partial charge on any atom is 0.331 e. The van der Waals surface area contributed by atoms with E-state index in [1.165, 1.54) is 35.5 Å². The summed E-state index contributed by atoms with van der Waals surface area (Å²) in [5, 5.41) is 14.2. The van der Waals surface area contributed by atoms with Crippen LogP contribution in [0.2, 0.25) is 39.3 Å². The van der Waals surface area contributed by atoms with E-state index in [9.17, 15) is 14.0 Å². The van der Waals surface area contributed by atoms with Crippen LogP contribution in [0.5, 0.6) is 0 Å². The zero-order chi connectivity index (χ0) is 22.9. The number of carbonyl (C=O) groups is 2. The van der Waals surface area contributed by atoms with Gasteiger partial charge in [0.2, 0.25) is 0 Å². The minimum atomic E-state index is -1.63. The van der Waals surface area contributed by atoms with Crippen molar-refractivity contribution in [2.24, 2.45) is 0 Å². The third-order valence-electron chi connectivity index (χ3n) is 4.89. The van der Waals surface area contributed by atoms with Gasteiger partial charge in [-0.15, -0.1) is 0 Å². The molecule has 4 nitrogen and oxygen atoms in total. The molecule has 2 aromatic carbocycles. The van der Waals surface area contributed by atoms with E-state index < -0.39 is 27.9 Å². The van der Waals surface area contributed by atoms with Gasteiger partial charge in [-0.1, -0.05) is 67.9 Å². The number of rotatable bonds is 6. The second kappa shape index (κ2) is 8.69. The summed E-state index contributed by atoms with van der Waals surface area (Å²) in [4.78, 5) is 23.9. The van der Waals surface area contributed by atoms with E-state index in [1.807, 2.05) is 12.1 Å². The van der Waals surface area contributed by atoms with Gasteiger partial charge in [0.25, 0.3) is 5.91 Å². The molecule has 0 fully saturated rings. The van der Waals surface area contributed by atoms with Gasteiger partial charge in [-0.05, 0) is 31.2 Å². The fraction of sp³-hybridized carbons (Fsp3) is 0.304. The third kappa shape index (κ3) is 5.99. The molecule has 0 aliphatic heterocycles. The zero-order valence-corrected chi connectivity index (χ0v) is 20.7. The summed E-state index contributed by atoms with van der Waals surface area (Å²) < 4.78 is 14.4. The van der Waals surface area contributed by atoms with E-state index >= 15 is 0 Å². The van der Waals surface area contributed by atoms with Crippen LogP contribution >= 0.6 is 0 Å². The molecule has 0 aliphatic rings. The SMILES string of the molecule is CC(=Cc1ccc(NC(=O)c2cc([Si](C)(C)C)cc([Si](C)(C)C)c2)cc1F)C(=O)O. The van der Waals surface area contributed by atoms with Gasteiger partial charge in [-0.25, -0.2) is 9.18 Å². The number of hydrogen-bond donors (Lipinski definition) is 2. The van der Waals surface area contributed by atoms with Gasteiger partial charge < -0.3 is 10.4 Å². The van der Waals surface area contributed by atoms with Crippen molar-refractivity contribution in [1.82, 2.24) is 0 Å². The largest absolute Gasteiger partial charge is 0.478 e. The number of carbonyl (C=O) groups excluding carboxylic acids is 1. The Kier molecular flexibility index (Phi) is 6.88. The Morgan fingerprint density at radius 3 is 1.90 bits per heavy atom. The molecule has 7 heteroatoms. The van der Waals surface area contributed by atoms with E-state index in [2.05, 4.69) is 50.7 Å². The summed E-state index contributed by atoms with van der Waals surface area (Å²) in [5.74, 6) is -1.97. The van der Waals surface area contributed by atoms with Gasteiger partial charge in [0.05, 0.1) is 16.1 Å². The highest BCUT2D eigenvalue weighted by Gasteiger charge is 2.24. The molecule has 0 bridgehead atoms. The van der Waals surface area contributed by atoms with Crippen LogP contribution in [0.4, 0.5) is 10.1 Å². The Morgan fingerprint density at radius 2 is 1.47 bits per heavy atom. The highest BCUT2D eigenvalue weighted by molar-refractivity contribution is 6.91. The Bertz CT molecular complexity index is 986. The predicted octanol–water partition coefficient (Wildman–Crippen LogP) is 4.66. The van der Waals surface area contributed by atoms with Crippen molar-refractivity contribution < 1.29 is 19.1 Å². The molecular formula is C23H30FNO3Si2. The summed E-state index contributed by atoms with van der Waals surface area (Å²) in [7, 11) is -3.25. The first kappa shape index (κ1) is 23.8. The van der Waals surface area contributed by atoms with Crippen LogP contribution in [0.1, 0.15) is 22.8 Å². The molecule has 0 saturated heterocycles. The van der Waals surface area contributed by atoms with Crippen LogP contribution in [-0.4, -0.2) is 33.1 Å². The molecule has 0 saturated carbocycles. The number of carboxylic acids is 1. The predicted molar refractivity (Wildman–Crippen MR) is 128 cm³/mol. The first-order chi connectivity index (χ1) is 13.7. The number of benzene rings is 2. The zero-order valence-electron chi connectivity index (χ0n) is 18.7. The normalized spacial score (nSPS) is 12.6. The Labute approximate surface area is 179 Å². The fourth-order valence-corrected chi connectivity index (χ4v) is 5.34. The van der Waals surface area contributed by atoms with Gasteiger partial charge in [0, 0.05) is 22.4 Å². The number of halogens is 1. The van der Waals surface area contributed by atoms with Gasteiger partial charge in [-0.3, -0.25) is 4.79 Å². The highest BCUT2D eigenvalue weighted by Crippen LogP contribution is 2.18. The third-order valence-corrected chi connectivity index (χ3v) is 8.94. The summed E-state index contributed by atoms with van der Waals surface area (Å²) in [6.45, 7) is 14.9. The summed E-state index contributed by atoms with van der Waals surface area (Å²) in [6, 6.07) is 10.4. The second-order valence-electron chi connectivity index (χ2n) is 9.62. The van der Waals surface area contributed by atoms with Crippen LogP contribution in [0.25, 0.3) is 6.08 Å². The van der Waals surface area contributed by atoms with E-state index in [0.29, 0.717) is 11.3 Å². The topological polar surface area (TPSA) is 66.4 Å². The number of anilines is 1. The number of amides is 1. The number of hydrogen-bond acceptors (Lipinski definition) is 2. The minimum Gasteiger partial charge on any atom is -0.478 e. The van der Waals surface area contributed by atoms with Crippen molar-refractivity contribution in [3.63, 3.8) is 0 Å². The lowest BCUT2D eigenvalue weighted by Crippen LogP contribution is -2.46. The van der Waals surface area contributed by atoms with E-state index in [0.717, 1.165) is 0 Å². The lowest BCUT2D eigenvalue weighted by atomic mass is 10.1. The molecule has 160 valence electrons. The molecule has 2 rings (SSSR count). The van der Waals surface area contributed by atoms with Crippen LogP contribution in [0, 0.1) is 5.82 Å². The van der Waals surface area contributed by atoms with Gasteiger partial charge in [-0.2, -0.15) is 0 Å². The Hall–Kier alpha value is -2.52. The van der Waals surface area contributed by atoms with Crippen LogP contribution in [-0.2, 0) is 4.79 Å². The number of carboxylic acid groups (broad SMARTS) is 1. The highest BCUT2D eigenvalue weighted by atomic mass is 28.3.